The summed E-state index contributed by atoms with van der Waals surface area (Å²) in [6.45, 7) is 10.4. The Morgan fingerprint density at radius 3 is 1.42 bits per heavy atom. The van der Waals surface area contributed by atoms with E-state index in [1.54, 1.807) is 0 Å². The fraction of sp³-hybridized carbons (Fsp3) is 0.944. The van der Waals surface area contributed by atoms with Crippen LogP contribution < -0.4 is 0 Å². The summed E-state index contributed by atoms with van der Waals surface area (Å²) in [7, 11) is 0. The van der Waals surface area contributed by atoms with Gasteiger partial charge in [-0.25, -0.2) is 0 Å². The Kier molecular flexibility index (Phi) is 11.0. The molecule has 0 saturated heterocycles. The molecule has 0 heterocycles. The molecule has 0 aromatic heterocycles. The van der Waals surface area contributed by atoms with E-state index in [4.69, 9.17) is 5.26 Å². The van der Waals surface area contributed by atoms with Gasteiger partial charge in [-0.1, -0.05) is 47.5 Å². The molecule has 1 heteroatoms. The molecule has 2 saturated carbocycles. The monoisotopic (exact) mass is 265 g/mol. The first kappa shape index (κ1) is 18.5. The van der Waals surface area contributed by atoms with E-state index in [-0.39, 0.29) is 0 Å². The van der Waals surface area contributed by atoms with E-state index in [0.29, 0.717) is 5.92 Å². The van der Waals surface area contributed by atoms with Crippen molar-refractivity contribution in [2.75, 3.05) is 0 Å². The molecule has 0 radical (unpaired) electrons. The van der Waals surface area contributed by atoms with Crippen molar-refractivity contribution in [1.29, 1.82) is 5.26 Å². The van der Waals surface area contributed by atoms with Crippen LogP contribution in [0.4, 0.5) is 0 Å². The molecule has 19 heavy (non-hydrogen) atoms. The summed E-state index contributed by atoms with van der Waals surface area (Å²) in [6.07, 6.45) is 10.8. The Balaban J connectivity index is 0.000000741. The molecule has 2 rings (SSSR count). The predicted octanol–water partition coefficient (Wildman–Crippen LogP) is 6.20. The van der Waals surface area contributed by atoms with Gasteiger partial charge in [0.15, 0.2) is 0 Å². The van der Waals surface area contributed by atoms with Crippen LogP contribution in [0.1, 0.15) is 86.0 Å². The van der Waals surface area contributed by atoms with Gasteiger partial charge < -0.3 is 0 Å². The van der Waals surface area contributed by atoms with Crippen molar-refractivity contribution >= 4 is 0 Å². The average molecular weight is 265 g/mol. The van der Waals surface area contributed by atoms with Gasteiger partial charge in [0.25, 0.3) is 0 Å². The number of rotatable bonds is 1. The molecule has 0 spiro atoms. The molecule has 0 amide bonds. The van der Waals surface area contributed by atoms with E-state index in [9.17, 15) is 0 Å². The molecule has 0 N–H and O–H groups in total. The average Bonchev–Trinajstić information content (AvgIpc) is 2.52. The lowest BCUT2D eigenvalue weighted by molar-refractivity contribution is 0.161. The van der Waals surface area contributed by atoms with Crippen LogP contribution >= 0.6 is 0 Å². The lowest BCUT2D eigenvalue weighted by Gasteiger charge is -2.35. The number of hydrogen-bond acceptors (Lipinski definition) is 1. The van der Waals surface area contributed by atoms with Crippen molar-refractivity contribution < 1.29 is 0 Å². The minimum Gasteiger partial charge on any atom is -0.198 e. The third-order valence-corrected chi connectivity index (χ3v) is 4.68. The molecule has 112 valence electrons. The van der Waals surface area contributed by atoms with Gasteiger partial charge in [-0.15, -0.1) is 0 Å². The molecule has 0 bridgehead atoms. The third-order valence-electron chi connectivity index (χ3n) is 4.68. The maximum Gasteiger partial charge on any atom is 0.0655 e. The maximum absolute atomic E-state index is 8.87. The smallest absolute Gasteiger partial charge is 0.0655 e. The zero-order valence-corrected chi connectivity index (χ0v) is 13.9. The SMILES string of the molecule is CC.CC.CC1CCC(C2CCC(C#N)CC2)CC1. The van der Waals surface area contributed by atoms with Crippen molar-refractivity contribution in [3.63, 3.8) is 0 Å². The quantitative estimate of drug-likeness (QED) is 0.554. The van der Waals surface area contributed by atoms with Crippen LogP contribution in [-0.2, 0) is 0 Å². The number of nitrogens with zero attached hydrogens (tertiary/aromatic N) is 1. The summed E-state index contributed by atoms with van der Waals surface area (Å²) in [6, 6.07) is 2.43. The molecule has 2 aliphatic carbocycles. The minimum atomic E-state index is 0.378. The third kappa shape index (κ3) is 6.46. The van der Waals surface area contributed by atoms with Crippen LogP contribution in [0.2, 0.25) is 0 Å². The van der Waals surface area contributed by atoms with E-state index in [1.807, 2.05) is 27.7 Å². The Morgan fingerprint density at radius 2 is 1.05 bits per heavy atom. The fourth-order valence-corrected chi connectivity index (χ4v) is 3.48. The van der Waals surface area contributed by atoms with Gasteiger partial charge in [0, 0.05) is 5.92 Å². The molecule has 0 aromatic carbocycles. The van der Waals surface area contributed by atoms with Gasteiger partial charge in [0.05, 0.1) is 6.07 Å². The summed E-state index contributed by atoms with van der Waals surface area (Å²) < 4.78 is 0. The number of hydrogen-bond donors (Lipinski definition) is 0. The minimum absolute atomic E-state index is 0.378. The first-order chi connectivity index (χ1) is 9.29. The lowest BCUT2D eigenvalue weighted by Crippen LogP contribution is -2.24. The summed E-state index contributed by atoms with van der Waals surface area (Å²) in [5.74, 6) is 3.31. The molecule has 2 aliphatic rings. The molecular formula is C18H35N. The molecule has 1 nitrogen and oxygen atoms in total. The molecule has 0 aliphatic heterocycles. The molecule has 0 atom stereocenters. The van der Waals surface area contributed by atoms with E-state index in [2.05, 4.69) is 13.0 Å². The number of nitriles is 1. The summed E-state index contributed by atoms with van der Waals surface area (Å²) in [4.78, 5) is 0. The first-order valence-electron chi connectivity index (χ1n) is 8.69. The Bertz CT molecular complexity index is 225. The van der Waals surface area contributed by atoms with Gasteiger partial charge in [-0.3, -0.25) is 0 Å². The van der Waals surface area contributed by atoms with Crippen molar-refractivity contribution in [1.82, 2.24) is 0 Å². The van der Waals surface area contributed by atoms with E-state index in [1.165, 1.54) is 51.4 Å². The second-order valence-electron chi connectivity index (χ2n) is 5.76. The molecule has 0 aromatic rings. The summed E-state index contributed by atoms with van der Waals surface area (Å²) >= 11 is 0. The van der Waals surface area contributed by atoms with Gasteiger partial charge in [0.1, 0.15) is 0 Å². The van der Waals surface area contributed by atoms with E-state index in [0.717, 1.165) is 17.8 Å². The van der Waals surface area contributed by atoms with Crippen molar-refractivity contribution in [3.8, 4) is 6.07 Å². The van der Waals surface area contributed by atoms with Crippen molar-refractivity contribution in [2.45, 2.75) is 86.0 Å². The molecular weight excluding hydrogens is 230 g/mol. The Labute approximate surface area is 121 Å². The highest BCUT2D eigenvalue weighted by Crippen LogP contribution is 2.40. The van der Waals surface area contributed by atoms with Gasteiger partial charge >= 0.3 is 0 Å². The second-order valence-corrected chi connectivity index (χ2v) is 5.76. The Hall–Kier alpha value is -0.510. The van der Waals surface area contributed by atoms with Crippen LogP contribution in [-0.4, -0.2) is 0 Å². The highest BCUT2D eigenvalue weighted by Gasteiger charge is 2.29. The van der Waals surface area contributed by atoms with Crippen LogP contribution in [0.15, 0.2) is 0 Å². The summed E-state index contributed by atoms with van der Waals surface area (Å²) in [5, 5.41) is 8.87. The zero-order valence-electron chi connectivity index (χ0n) is 13.9. The molecule has 2 fully saturated rings. The second kappa shape index (κ2) is 11.3. The van der Waals surface area contributed by atoms with Gasteiger partial charge in [-0.05, 0) is 56.3 Å². The first-order valence-corrected chi connectivity index (χ1v) is 8.69. The van der Waals surface area contributed by atoms with E-state index >= 15 is 0 Å². The summed E-state index contributed by atoms with van der Waals surface area (Å²) in [5.41, 5.74) is 0. The Morgan fingerprint density at radius 1 is 0.684 bits per heavy atom. The topological polar surface area (TPSA) is 23.8 Å². The lowest BCUT2D eigenvalue weighted by atomic mass is 9.70. The van der Waals surface area contributed by atoms with Crippen molar-refractivity contribution in [2.24, 2.45) is 23.7 Å². The standard InChI is InChI=1S/C14H23N.2C2H6/c1-11-2-6-13(7-3-11)14-8-4-12(10-15)5-9-14;2*1-2/h11-14H,2-9H2,1H3;2*1-2H3. The van der Waals surface area contributed by atoms with Crippen LogP contribution in [0.3, 0.4) is 0 Å². The highest BCUT2D eigenvalue weighted by atomic mass is 14.4. The van der Waals surface area contributed by atoms with Crippen molar-refractivity contribution in [3.05, 3.63) is 0 Å². The normalized spacial score (nSPS) is 33.9. The molecule has 0 unspecified atom stereocenters. The highest BCUT2D eigenvalue weighted by molar-refractivity contribution is 4.89. The fourth-order valence-electron chi connectivity index (χ4n) is 3.48. The zero-order chi connectivity index (χ0) is 14.7. The maximum atomic E-state index is 8.87. The predicted molar refractivity (Wildman–Crippen MR) is 84.9 cm³/mol. The van der Waals surface area contributed by atoms with Gasteiger partial charge in [0.2, 0.25) is 0 Å². The van der Waals surface area contributed by atoms with Crippen LogP contribution in [0, 0.1) is 35.0 Å². The largest absolute Gasteiger partial charge is 0.198 e. The van der Waals surface area contributed by atoms with Crippen LogP contribution in [0.5, 0.6) is 0 Å². The van der Waals surface area contributed by atoms with Gasteiger partial charge in [-0.2, -0.15) is 5.26 Å². The van der Waals surface area contributed by atoms with E-state index < -0.39 is 0 Å². The van der Waals surface area contributed by atoms with Crippen LogP contribution in [0.25, 0.3) is 0 Å².